The van der Waals surface area contributed by atoms with Crippen LogP contribution in [-0.4, -0.2) is 36.0 Å². The quantitative estimate of drug-likeness (QED) is 0.884. The molecule has 3 rings (SSSR count). The first kappa shape index (κ1) is 17.9. The van der Waals surface area contributed by atoms with Gasteiger partial charge in [0, 0.05) is 24.7 Å². The topological polar surface area (TPSA) is 61.4 Å². The second kappa shape index (κ2) is 7.99. The monoisotopic (exact) mass is 355 g/mol. The summed E-state index contributed by atoms with van der Waals surface area (Å²) >= 11 is 0. The number of halogens is 1. The normalized spacial score (nSPS) is 14.8. The smallest absolute Gasteiger partial charge is 0.321 e. The number of para-hydroxylation sites is 1. The number of rotatable bonds is 3. The molecule has 1 saturated heterocycles. The molecule has 1 fully saturated rings. The van der Waals surface area contributed by atoms with Gasteiger partial charge in [0.25, 0.3) is 5.91 Å². The molecule has 0 aliphatic carbocycles. The van der Waals surface area contributed by atoms with Crippen molar-refractivity contribution in [3.63, 3.8) is 0 Å². The van der Waals surface area contributed by atoms with Crippen molar-refractivity contribution in [1.82, 2.24) is 10.2 Å². The van der Waals surface area contributed by atoms with E-state index >= 15 is 0 Å². The van der Waals surface area contributed by atoms with Crippen LogP contribution in [0.15, 0.2) is 48.5 Å². The van der Waals surface area contributed by atoms with Crippen LogP contribution in [0, 0.1) is 12.7 Å². The Balaban J connectivity index is 1.51. The maximum Gasteiger partial charge on any atom is 0.321 e. The molecule has 0 spiro atoms. The predicted molar refractivity (Wildman–Crippen MR) is 98.7 cm³/mol. The second-order valence-electron chi connectivity index (χ2n) is 6.46. The molecule has 136 valence electrons. The van der Waals surface area contributed by atoms with Crippen LogP contribution in [0.3, 0.4) is 0 Å². The number of nitrogens with one attached hydrogen (secondary N) is 2. The summed E-state index contributed by atoms with van der Waals surface area (Å²) in [5.41, 5.74) is 1.78. The number of nitrogens with zero attached hydrogens (tertiary/aromatic N) is 1. The molecule has 3 amide bonds. The molecule has 0 atom stereocenters. The number of hydrogen-bond donors (Lipinski definition) is 2. The Kier molecular flexibility index (Phi) is 5.51. The summed E-state index contributed by atoms with van der Waals surface area (Å²) in [6.45, 7) is 2.93. The van der Waals surface area contributed by atoms with Crippen LogP contribution < -0.4 is 10.6 Å². The highest BCUT2D eigenvalue weighted by atomic mass is 19.1. The molecular weight excluding hydrogens is 333 g/mol. The number of urea groups is 1. The lowest BCUT2D eigenvalue weighted by atomic mass is 10.0. The van der Waals surface area contributed by atoms with Gasteiger partial charge in [-0.2, -0.15) is 0 Å². The fraction of sp³-hybridized carbons (Fsp3) is 0.300. The Hall–Kier alpha value is -2.89. The summed E-state index contributed by atoms with van der Waals surface area (Å²) < 4.78 is 13.6. The summed E-state index contributed by atoms with van der Waals surface area (Å²) in [4.78, 5) is 26.3. The van der Waals surface area contributed by atoms with Crippen LogP contribution in [0.25, 0.3) is 0 Å². The number of likely N-dealkylation sites (tertiary alicyclic amines) is 1. The lowest BCUT2D eigenvalue weighted by molar-refractivity contribution is 0.0918. The van der Waals surface area contributed by atoms with Crippen molar-refractivity contribution in [2.45, 2.75) is 25.8 Å². The lowest BCUT2D eigenvalue weighted by Gasteiger charge is -2.32. The van der Waals surface area contributed by atoms with Crippen LogP contribution >= 0.6 is 0 Å². The zero-order valence-electron chi connectivity index (χ0n) is 14.7. The maximum absolute atomic E-state index is 13.6. The molecule has 26 heavy (non-hydrogen) atoms. The Bertz CT molecular complexity index is 801. The number of piperidine rings is 1. The first-order chi connectivity index (χ1) is 12.5. The number of amides is 3. The fourth-order valence-electron chi connectivity index (χ4n) is 3.07. The molecule has 2 aromatic rings. The van der Waals surface area contributed by atoms with Crippen molar-refractivity contribution in [3.05, 3.63) is 65.5 Å². The van der Waals surface area contributed by atoms with Gasteiger partial charge in [-0.15, -0.1) is 0 Å². The van der Waals surface area contributed by atoms with E-state index in [1.165, 1.54) is 12.1 Å². The van der Waals surface area contributed by atoms with Crippen molar-refractivity contribution >= 4 is 17.6 Å². The number of benzene rings is 2. The molecule has 5 nitrogen and oxygen atoms in total. The summed E-state index contributed by atoms with van der Waals surface area (Å²) in [7, 11) is 0. The zero-order valence-corrected chi connectivity index (χ0v) is 14.7. The van der Waals surface area contributed by atoms with Gasteiger partial charge in [0.2, 0.25) is 0 Å². The Labute approximate surface area is 152 Å². The highest BCUT2D eigenvalue weighted by Crippen LogP contribution is 2.16. The number of hydrogen-bond acceptors (Lipinski definition) is 2. The van der Waals surface area contributed by atoms with Crippen LogP contribution in [-0.2, 0) is 0 Å². The number of carbonyl (C=O) groups excluding carboxylic acids is 2. The van der Waals surface area contributed by atoms with Crippen molar-refractivity contribution < 1.29 is 14.0 Å². The molecule has 2 aromatic carbocycles. The van der Waals surface area contributed by atoms with Gasteiger partial charge in [-0.05, 0) is 43.5 Å². The lowest BCUT2D eigenvalue weighted by Crippen LogP contribution is -2.47. The van der Waals surface area contributed by atoms with E-state index in [-0.39, 0.29) is 23.7 Å². The number of carbonyl (C=O) groups is 2. The summed E-state index contributed by atoms with van der Waals surface area (Å²) in [5, 5.41) is 5.63. The third-order valence-corrected chi connectivity index (χ3v) is 4.62. The molecule has 0 unspecified atom stereocenters. The maximum atomic E-state index is 13.6. The number of anilines is 1. The van der Waals surface area contributed by atoms with E-state index in [1.807, 2.05) is 31.2 Å². The Morgan fingerprint density at radius 2 is 1.69 bits per heavy atom. The standard InChI is InChI=1S/C20H22FN3O2/c1-14-6-2-3-7-16(14)19(25)22-15-10-12-24(13-11-15)20(26)23-18-9-5-4-8-17(18)21/h2-9,15H,10-13H2,1H3,(H,22,25)(H,23,26). The van der Waals surface area contributed by atoms with Crippen molar-refractivity contribution in [1.29, 1.82) is 0 Å². The van der Waals surface area contributed by atoms with Crippen molar-refractivity contribution in [3.8, 4) is 0 Å². The van der Waals surface area contributed by atoms with Gasteiger partial charge in [-0.1, -0.05) is 30.3 Å². The Morgan fingerprint density at radius 3 is 2.38 bits per heavy atom. The molecule has 1 aliphatic heterocycles. The first-order valence-corrected chi connectivity index (χ1v) is 8.71. The van der Waals surface area contributed by atoms with E-state index in [4.69, 9.17) is 0 Å². The highest BCUT2D eigenvalue weighted by Gasteiger charge is 2.24. The van der Waals surface area contributed by atoms with Crippen LogP contribution in [0.4, 0.5) is 14.9 Å². The minimum absolute atomic E-state index is 0.0274. The van der Waals surface area contributed by atoms with E-state index in [2.05, 4.69) is 10.6 Å². The molecule has 1 aliphatic rings. The van der Waals surface area contributed by atoms with Crippen molar-refractivity contribution in [2.24, 2.45) is 0 Å². The minimum atomic E-state index is -0.457. The third kappa shape index (κ3) is 4.20. The van der Waals surface area contributed by atoms with Gasteiger partial charge in [0.05, 0.1) is 5.69 Å². The average Bonchev–Trinajstić information content (AvgIpc) is 2.64. The molecule has 2 N–H and O–H groups in total. The largest absolute Gasteiger partial charge is 0.349 e. The summed E-state index contributed by atoms with van der Waals surface area (Å²) in [5.74, 6) is -0.543. The molecule has 0 saturated carbocycles. The molecule has 1 heterocycles. The van der Waals surface area contributed by atoms with Gasteiger partial charge in [0.1, 0.15) is 5.82 Å². The first-order valence-electron chi connectivity index (χ1n) is 8.71. The number of aryl methyl sites for hydroxylation is 1. The van der Waals surface area contributed by atoms with E-state index in [0.717, 1.165) is 5.56 Å². The van der Waals surface area contributed by atoms with Crippen LogP contribution in [0.5, 0.6) is 0 Å². The summed E-state index contributed by atoms with van der Waals surface area (Å²) in [6.07, 6.45) is 1.34. The van der Waals surface area contributed by atoms with Gasteiger partial charge in [0.15, 0.2) is 0 Å². The van der Waals surface area contributed by atoms with E-state index in [9.17, 15) is 14.0 Å². The average molecular weight is 355 g/mol. The molecule has 6 heteroatoms. The molecule has 0 bridgehead atoms. The van der Waals surface area contributed by atoms with E-state index in [0.29, 0.717) is 31.5 Å². The van der Waals surface area contributed by atoms with Crippen LogP contribution in [0.1, 0.15) is 28.8 Å². The van der Waals surface area contributed by atoms with Crippen molar-refractivity contribution in [2.75, 3.05) is 18.4 Å². The van der Waals surface area contributed by atoms with Gasteiger partial charge >= 0.3 is 6.03 Å². The highest BCUT2D eigenvalue weighted by molar-refractivity contribution is 5.95. The molecular formula is C20H22FN3O2. The minimum Gasteiger partial charge on any atom is -0.349 e. The van der Waals surface area contributed by atoms with E-state index < -0.39 is 5.82 Å². The Morgan fingerprint density at radius 1 is 1.04 bits per heavy atom. The predicted octanol–water partition coefficient (Wildman–Crippen LogP) is 3.56. The SMILES string of the molecule is Cc1ccccc1C(=O)NC1CCN(C(=O)Nc2ccccc2F)CC1. The van der Waals surface area contributed by atoms with Crippen LogP contribution in [0.2, 0.25) is 0 Å². The third-order valence-electron chi connectivity index (χ3n) is 4.62. The fourth-order valence-corrected chi connectivity index (χ4v) is 3.07. The van der Waals surface area contributed by atoms with E-state index in [1.54, 1.807) is 17.0 Å². The van der Waals surface area contributed by atoms with Gasteiger partial charge in [-0.25, -0.2) is 9.18 Å². The van der Waals surface area contributed by atoms with Gasteiger partial charge < -0.3 is 15.5 Å². The zero-order chi connectivity index (χ0) is 18.5. The molecule has 0 radical (unpaired) electrons. The van der Waals surface area contributed by atoms with Gasteiger partial charge in [-0.3, -0.25) is 4.79 Å². The molecule has 0 aromatic heterocycles. The second-order valence-corrected chi connectivity index (χ2v) is 6.46. The summed E-state index contributed by atoms with van der Waals surface area (Å²) in [6, 6.07) is 13.3.